The number of aryl methyl sites for hydroxylation is 1. The lowest BCUT2D eigenvalue weighted by molar-refractivity contribution is -0.137. The van der Waals surface area contributed by atoms with E-state index in [2.05, 4.69) is 20.9 Å². The molecule has 0 amide bonds. The van der Waals surface area contributed by atoms with Crippen LogP contribution in [0.25, 0.3) is 0 Å². The molecule has 0 aliphatic carbocycles. The van der Waals surface area contributed by atoms with Crippen LogP contribution >= 0.6 is 0 Å². The van der Waals surface area contributed by atoms with Gasteiger partial charge < -0.3 is 9.64 Å². The Morgan fingerprint density at radius 3 is 2.46 bits per heavy atom. The molecular formula is C22H26N4O2. The Hall–Kier alpha value is -2.91. The number of piperazine rings is 1. The molecule has 1 fully saturated rings. The highest BCUT2D eigenvalue weighted by molar-refractivity contribution is 5.76. The number of carbonyl (C=O) groups excluding carboxylic acids is 1. The summed E-state index contributed by atoms with van der Waals surface area (Å²) >= 11 is 0. The predicted octanol–water partition coefficient (Wildman–Crippen LogP) is 3.15. The first kappa shape index (κ1) is 19.8. The van der Waals surface area contributed by atoms with Crippen LogP contribution in [0.2, 0.25) is 0 Å². The van der Waals surface area contributed by atoms with Crippen molar-refractivity contribution in [3.8, 4) is 11.8 Å². The predicted molar refractivity (Wildman–Crippen MR) is 108 cm³/mol. The number of hydrogen-bond donors (Lipinski definition) is 0. The highest BCUT2D eigenvalue weighted by Gasteiger charge is 2.23. The van der Waals surface area contributed by atoms with Crippen molar-refractivity contribution in [1.29, 1.82) is 5.26 Å². The molecule has 1 aromatic carbocycles. The average molecular weight is 378 g/mol. The molecule has 2 aromatic rings. The van der Waals surface area contributed by atoms with Crippen molar-refractivity contribution in [2.24, 2.45) is 5.92 Å². The van der Waals surface area contributed by atoms with Crippen LogP contribution in [0.15, 0.2) is 36.5 Å². The highest BCUT2D eigenvalue weighted by Crippen LogP contribution is 2.31. The summed E-state index contributed by atoms with van der Waals surface area (Å²) in [4.78, 5) is 21.2. The summed E-state index contributed by atoms with van der Waals surface area (Å²) in [5.74, 6) is 0.891. The van der Waals surface area contributed by atoms with Gasteiger partial charge in [0, 0.05) is 38.9 Å². The normalized spacial score (nSPS) is 14.8. The Morgan fingerprint density at radius 1 is 1.18 bits per heavy atom. The van der Waals surface area contributed by atoms with E-state index in [4.69, 9.17) is 10.00 Å². The number of carbonyl (C=O) groups is 1. The molecule has 0 spiro atoms. The number of pyridine rings is 1. The number of nitrogens with zero attached hydrogens (tertiary/aromatic N) is 4. The van der Waals surface area contributed by atoms with Crippen LogP contribution in [-0.4, -0.2) is 42.0 Å². The summed E-state index contributed by atoms with van der Waals surface area (Å²) in [6.45, 7) is 9.88. The molecule has 3 rings (SSSR count). The molecule has 0 bridgehead atoms. The van der Waals surface area contributed by atoms with Crippen LogP contribution in [0.4, 0.5) is 5.82 Å². The zero-order chi connectivity index (χ0) is 20.1. The molecule has 0 saturated carbocycles. The first-order valence-corrected chi connectivity index (χ1v) is 9.61. The average Bonchev–Trinajstić information content (AvgIpc) is 2.70. The SMILES string of the molecule is Cc1ccnc(N2CCN(Cc3ccc(C#N)cc3)CC2)c1OC(=O)C(C)C. The molecule has 0 radical (unpaired) electrons. The van der Waals surface area contributed by atoms with Gasteiger partial charge in [-0.05, 0) is 36.2 Å². The molecule has 146 valence electrons. The maximum Gasteiger partial charge on any atom is 0.313 e. The van der Waals surface area contributed by atoms with Crippen LogP contribution < -0.4 is 9.64 Å². The topological polar surface area (TPSA) is 69.5 Å². The number of anilines is 1. The third kappa shape index (κ3) is 4.68. The molecule has 6 heteroatoms. The lowest BCUT2D eigenvalue weighted by Crippen LogP contribution is -2.46. The summed E-state index contributed by atoms with van der Waals surface area (Å²) in [6.07, 6.45) is 1.76. The second kappa shape index (κ2) is 8.85. The molecular weight excluding hydrogens is 352 g/mol. The first-order valence-electron chi connectivity index (χ1n) is 9.61. The Balaban J connectivity index is 1.65. The van der Waals surface area contributed by atoms with Crippen LogP contribution in [0.3, 0.4) is 0 Å². The number of aromatic nitrogens is 1. The van der Waals surface area contributed by atoms with E-state index in [-0.39, 0.29) is 11.9 Å². The summed E-state index contributed by atoms with van der Waals surface area (Å²) in [5.41, 5.74) is 2.80. The van der Waals surface area contributed by atoms with Crippen LogP contribution in [0.1, 0.15) is 30.5 Å². The van der Waals surface area contributed by atoms with Crippen molar-refractivity contribution in [2.45, 2.75) is 27.3 Å². The van der Waals surface area contributed by atoms with E-state index in [9.17, 15) is 4.79 Å². The fraction of sp³-hybridized carbons (Fsp3) is 0.409. The molecule has 1 aliphatic rings. The van der Waals surface area contributed by atoms with Gasteiger partial charge in [0.25, 0.3) is 0 Å². The molecule has 0 unspecified atom stereocenters. The molecule has 0 atom stereocenters. The van der Waals surface area contributed by atoms with Crippen LogP contribution in [-0.2, 0) is 11.3 Å². The molecule has 1 saturated heterocycles. The van der Waals surface area contributed by atoms with E-state index in [1.807, 2.05) is 51.1 Å². The van der Waals surface area contributed by atoms with Crippen molar-refractivity contribution in [1.82, 2.24) is 9.88 Å². The Bertz CT molecular complexity index is 863. The van der Waals surface area contributed by atoms with Gasteiger partial charge >= 0.3 is 5.97 Å². The Labute approximate surface area is 166 Å². The number of hydrogen-bond acceptors (Lipinski definition) is 6. The summed E-state index contributed by atoms with van der Waals surface area (Å²) < 4.78 is 5.65. The maximum absolute atomic E-state index is 12.1. The Morgan fingerprint density at radius 2 is 1.86 bits per heavy atom. The van der Waals surface area contributed by atoms with Gasteiger partial charge in [0.15, 0.2) is 11.6 Å². The molecule has 1 aromatic heterocycles. The van der Waals surface area contributed by atoms with Gasteiger partial charge in [-0.3, -0.25) is 9.69 Å². The van der Waals surface area contributed by atoms with Gasteiger partial charge in [0.2, 0.25) is 0 Å². The summed E-state index contributed by atoms with van der Waals surface area (Å²) in [6, 6.07) is 11.8. The van der Waals surface area contributed by atoms with E-state index < -0.39 is 0 Å². The fourth-order valence-electron chi connectivity index (χ4n) is 3.16. The van der Waals surface area contributed by atoms with Crippen molar-refractivity contribution < 1.29 is 9.53 Å². The van der Waals surface area contributed by atoms with E-state index in [1.54, 1.807) is 6.20 Å². The fourth-order valence-corrected chi connectivity index (χ4v) is 3.16. The lowest BCUT2D eigenvalue weighted by Gasteiger charge is -2.36. The third-order valence-corrected chi connectivity index (χ3v) is 4.92. The number of esters is 1. The number of rotatable bonds is 5. The first-order chi connectivity index (χ1) is 13.5. The molecule has 2 heterocycles. The smallest absolute Gasteiger partial charge is 0.313 e. The largest absolute Gasteiger partial charge is 0.422 e. The molecule has 1 aliphatic heterocycles. The van der Waals surface area contributed by atoms with Crippen molar-refractivity contribution in [3.05, 3.63) is 53.2 Å². The quantitative estimate of drug-likeness (QED) is 0.745. The molecule has 6 nitrogen and oxygen atoms in total. The maximum atomic E-state index is 12.1. The Kier molecular flexibility index (Phi) is 6.27. The zero-order valence-corrected chi connectivity index (χ0v) is 16.7. The van der Waals surface area contributed by atoms with Crippen molar-refractivity contribution in [2.75, 3.05) is 31.1 Å². The zero-order valence-electron chi connectivity index (χ0n) is 16.7. The van der Waals surface area contributed by atoms with Crippen molar-refractivity contribution >= 4 is 11.8 Å². The van der Waals surface area contributed by atoms with Crippen molar-refractivity contribution in [3.63, 3.8) is 0 Å². The minimum Gasteiger partial charge on any atom is -0.422 e. The molecule has 28 heavy (non-hydrogen) atoms. The van der Waals surface area contributed by atoms with Gasteiger partial charge in [-0.15, -0.1) is 0 Å². The standard InChI is InChI=1S/C22H26N4O2/c1-16(2)22(27)28-20-17(3)8-9-24-21(20)26-12-10-25(11-13-26)15-19-6-4-18(14-23)5-7-19/h4-9,16H,10-13,15H2,1-3H3. The summed E-state index contributed by atoms with van der Waals surface area (Å²) in [5, 5.41) is 8.91. The minimum absolute atomic E-state index is 0.184. The number of nitriles is 1. The summed E-state index contributed by atoms with van der Waals surface area (Å²) in [7, 11) is 0. The van der Waals surface area contributed by atoms with Gasteiger partial charge in [-0.25, -0.2) is 4.98 Å². The minimum atomic E-state index is -0.239. The monoisotopic (exact) mass is 378 g/mol. The highest BCUT2D eigenvalue weighted by atomic mass is 16.5. The van der Waals surface area contributed by atoms with Gasteiger partial charge in [-0.2, -0.15) is 5.26 Å². The van der Waals surface area contributed by atoms with Gasteiger partial charge in [-0.1, -0.05) is 26.0 Å². The molecule has 0 N–H and O–H groups in total. The number of benzene rings is 1. The second-order valence-corrected chi connectivity index (χ2v) is 7.43. The van der Waals surface area contributed by atoms with E-state index in [1.165, 1.54) is 5.56 Å². The van der Waals surface area contributed by atoms with Crippen LogP contribution in [0, 0.1) is 24.2 Å². The lowest BCUT2D eigenvalue weighted by atomic mass is 10.1. The second-order valence-electron chi connectivity index (χ2n) is 7.43. The van der Waals surface area contributed by atoms with E-state index >= 15 is 0 Å². The van der Waals surface area contributed by atoms with E-state index in [0.29, 0.717) is 11.3 Å². The van der Waals surface area contributed by atoms with Crippen LogP contribution in [0.5, 0.6) is 5.75 Å². The number of ether oxygens (including phenoxy) is 1. The third-order valence-electron chi connectivity index (χ3n) is 4.92. The van der Waals surface area contributed by atoms with Gasteiger partial charge in [0.05, 0.1) is 17.6 Å². The van der Waals surface area contributed by atoms with Gasteiger partial charge in [0.1, 0.15) is 0 Å². The van der Waals surface area contributed by atoms with E-state index in [0.717, 1.165) is 44.1 Å².